The minimum absolute atomic E-state index is 0. The molecule has 0 aliphatic heterocycles. The second kappa shape index (κ2) is 15.5. The zero-order valence-electron chi connectivity index (χ0n) is 13.6. The number of ketones is 1. The first-order chi connectivity index (χ1) is 10.5. The molecule has 0 aliphatic rings. The summed E-state index contributed by atoms with van der Waals surface area (Å²) in [5.74, 6) is -1.23. The molecule has 0 aliphatic carbocycles. The second-order valence-electron chi connectivity index (χ2n) is 5.52. The second-order valence-corrected chi connectivity index (χ2v) is 5.52. The summed E-state index contributed by atoms with van der Waals surface area (Å²) in [5.41, 5.74) is 0. The fraction of sp³-hybridized carbons (Fsp3) is 0.824. The molecule has 0 amide bonds. The van der Waals surface area contributed by atoms with Crippen LogP contribution in [0.5, 0.6) is 0 Å². The monoisotopic (exact) mass is 335 g/mol. The smallest absolute Gasteiger partial charge is 0.305 e. The van der Waals surface area contributed by atoms with E-state index in [2.05, 4.69) is 0 Å². The number of ether oxygens (including phenoxy) is 2. The van der Waals surface area contributed by atoms with Crippen LogP contribution in [0, 0.1) is 5.92 Å². The van der Waals surface area contributed by atoms with Gasteiger partial charge in [0, 0.05) is 34.4 Å². The first-order valence-corrected chi connectivity index (χ1v) is 7.81. The van der Waals surface area contributed by atoms with Crippen LogP contribution in [0.4, 0.5) is 0 Å². The molecule has 0 fully saturated rings. The van der Waals surface area contributed by atoms with Crippen molar-refractivity contribution in [2.75, 3.05) is 20.3 Å². The SMILES string of the molecule is C.COCCCCCC(=O)OCCC(CCC(C)=O)CC(=O)O.[2HH]. The Morgan fingerprint density at radius 1 is 1.04 bits per heavy atom. The third kappa shape index (κ3) is 16.8. The van der Waals surface area contributed by atoms with Crippen molar-refractivity contribution in [1.82, 2.24) is 0 Å². The summed E-state index contributed by atoms with van der Waals surface area (Å²) in [5, 5.41) is 8.84. The molecule has 0 spiro atoms. The van der Waals surface area contributed by atoms with Crippen LogP contribution in [0.15, 0.2) is 0 Å². The number of carbonyl (C=O) groups excluding carboxylic acids is 2. The number of rotatable bonds is 14. The van der Waals surface area contributed by atoms with Gasteiger partial charge in [0.25, 0.3) is 0 Å². The molecule has 6 heteroatoms. The van der Waals surface area contributed by atoms with Gasteiger partial charge >= 0.3 is 11.9 Å². The maximum absolute atomic E-state index is 11.5. The van der Waals surface area contributed by atoms with Gasteiger partial charge in [-0.05, 0) is 38.5 Å². The Morgan fingerprint density at radius 2 is 1.74 bits per heavy atom. The lowest BCUT2D eigenvalue weighted by atomic mass is 9.95. The molecule has 0 rings (SSSR count). The summed E-state index contributed by atoms with van der Waals surface area (Å²) >= 11 is 0. The number of esters is 1. The molecule has 138 valence electrons. The van der Waals surface area contributed by atoms with E-state index in [9.17, 15) is 14.4 Å². The molecule has 0 aromatic rings. The van der Waals surface area contributed by atoms with E-state index in [1.807, 2.05) is 0 Å². The van der Waals surface area contributed by atoms with Gasteiger partial charge in [-0.2, -0.15) is 0 Å². The van der Waals surface area contributed by atoms with E-state index in [1.165, 1.54) is 6.92 Å². The van der Waals surface area contributed by atoms with Crippen LogP contribution < -0.4 is 0 Å². The van der Waals surface area contributed by atoms with Crippen LogP contribution >= 0.6 is 0 Å². The summed E-state index contributed by atoms with van der Waals surface area (Å²) in [4.78, 5) is 33.3. The lowest BCUT2D eigenvalue weighted by Gasteiger charge is -2.14. The quantitative estimate of drug-likeness (QED) is 0.386. The van der Waals surface area contributed by atoms with Crippen molar-refractivity contribution in [2.45, 2.75) is 65.7 Å². The van der Waals surface area contributed by atoms with Crippen molar-refractivity contribution >= 4 is 17.7 Å². The molecule has 1 atom stereocenters. The highest BCUT2D eigenvalue weighted by atomic mass is 16.5. The number of carboxylic acid groups (broad SMARTS) is 1. The molecule has 0 aromatic carbocycles. The summed E-state index contributed by atoms with van der Waals surface area (Å²) in [6.45, 7) is 2.40. The zero-order chi connectivity index (χ0) is 16.8. The molecule has 0 radical (unpaired) electrons. The fourth-order valence-electron chi connectivity index (χ4n) is 2.11. The van der Waals surface area contributed by atoms with E-state index in [-0.39, 0.29) is 39.6 Å². The van der Waals surface area contributed by atoms with Crippen LogP contribution in [0.3, 0.4) is 0 Å². The van der Waals surface area contributed by atoms with Crippen LogP contribution in [0.1, 0.15) is 67.1 Å². The first kappa shape index (κ1) is 23.8. The average Bonchev–Trinajstić information content (AvgIpc) is 2.43. The van der Waals surface area contributed by atoms with Crippen LogP contribution in [-0.4, -0.2) is 43.2 Å². The third-order valence-electron chi connectivity index (χ3n) is 3.39. The van der Waals surface area contributed by atoms with E-state index < -0.39 is 5.97 Å². The highest BCUT2D eigenvalue weighted by Crippen LogP contribution is 2.16. The van der Waals surface area contributed by atoms with Crippen molar-refractivity contribution in [1.29, 1.82) is 0 Å². The number of Topliss-reactive ketones (excluding diaryl/α,β-unsaturated/α-hetero) is 1. The summed E-state index contributed by atoms with van der Waals surface area (Å²) in [7, 11) is 1.65. The molecular weight excluding hydrogens is 300 g/mol. The minimum atomic E-state index is -0.891. The Bertz CT molecular complexity index is 346. The van der Waals surface area contributed by atoms with Gasteiger partial charge in [-0.15, -0.1) is 0 Å². The maximum Gasteiger partial charge on any atom is 0.305 e. The largest absolute Gasteiger partial charge is 0.481 e. The van der Waals surface area contributed by atoms with Crippen molar-refractivity contribution in [3.63, 3.8) is 0 Å². The van der Waals surface area contributed by atoms with E-state index in [4.69, 9.17) is 14.6 Å². The highest BCUT2D eigenvalue weighted by Gasteiger charge is 2.15. The van der Waals surface area contributed by atoms with Gasteiger partial charge in [-0.3, -0.25) is 9.59 Å². The molecule has 0 heterocycles. The van der Waals surface area contributed by atoms with Gasteiger partial charge in [0.15, 0.2) is 0 Å². The molecular formula is C17H34O6. The molecule has 23 heavy (non-hydrogen) atoms. The van der Waals surface area contributed by atoms with Crippen molar-refractivity contribution in [3.05, 3.63) is 0 Å². The van der Waals surface area contributed by atoms with Crippen LogP contribution in [0.25, 0.3) is 0 Å². The van der Waals surface area contributed by atoms with Gasteiger partial charge in [0.2, 0.25) is 0 Å². The molecule has 1 N–H and O–H groups in total. The maximum atomic E-state index is 11.5. The summed E-state index contributed by atoms with van der Waals surface area (Å²) in [6, 6.07) is 0. The number of methoxy groups -OCH3 is 1. The predicted molar refractivity (Wildman–Crippen MR) is 90.4 cm³/mol. The predicted octanol–water partition coefficient (Wildman–Crippen LogP) is 3.47. The Hall–Kier alpha value is -1.43. The van der Waals surface area contributed by atoms with Gasteiger partial charge in [-0.1, -0.05) is 13.8 Å². The summed E-state index contributed by atoms with van der Waals surface area (Å²) < 4.78 is 10.0. The topological polar surface area (TPSA) is 89.9 Å². The lowest BCUT2D eigenvalue weighted by Crippen LogP contribution is -2.14. The van der Waals surface area contributed by atoms with E-state index >= 15 is 0 Å². The Labute approximate surface area is 141 Å². The van der Waals surface area contributed by atoms with E-state index in [0.29, 0.717) is 32.3 Å². The average molecular weight is 335 g/mol. The molecule has 0 bridgehead atoms. The highest BCUT2D eigenvalue weighted by molar-refractivity contribution is 5.75. The zero-order valence-corrected chi connectivity index (χ0v) is 13.6. The Kier molecular flexibility index (Phi) is 16.0. The number of aliphatic carboxylic acids is 1. The molecule has 1 unspecified atom stereocenters. The van der Waals surface area contributed by atoms with Gasteiger partial charge in [-0.25, -0.2) is 0 Å². The van der Waals surface area contributed by atoms with Gasteiger partial charge in [0.1, 0.15) is 5.78 Å². The number of hydrogen-bond donors (Lipinski definition) is 1. The first-order valence-electron chi connectivity index (χ1n) is 7.81. The van der Waals surface area contributed by atoms with Crippen molar-refractivity contribution in [3.8, 4) is 0 Å². The Balaban J connectivity index is -0.00000220. The normalized spacial score (nSPS) is 11.4. The van der Waals surface area contributed by atoms with Crippen LogP contribution in [0.2, 0.25) is 0 Å². The third-order valence-corrected chi connectivity index (χ3v) is 3.39. The molecule has 0 saturated carbocycles. The Morgan fingerprint density at radius 3 is 2.30 bits per heavy atom. The van der Waals surface area contributed by atoms with Gasteiger partial charge in [0.05, 0.1) is 6.61 Å². The van der Waals surface area contributed by atoms with E-state index in [1.54, 1.807) is 7.11 Å². The van der Waals surface area contributed by atoms with E-state index in [0.717, 1.165) is 19.3 Å². The molecule has 0 saturated heterocycles. The standard InChI is InChI=1S/C16H28O6.CH4.H2/c1-13(17)7-8-14(12-15(18)19)9-11-22-16(20)6-4-3-5-10-21-2;;/h14H,3-12H2,1-2H3,(H,18,19);1H4;1H/i;;1+1. The number of carbonyl (C=O) groups is 3. The van der Waals surface area contributed by atoms with Crippen molar-refractivity contribution < 1.29 is 30.4 Å². The number of hydrogen-bond acceptors (Lipinski definition) is 5. The number of carboxylic acids is 1. The molecule has 6 nitrogen and oxygen atoms in total. The lowest BCUT2D eigenvalue weighted by molar-refractivity contribution is -0.144. The number of unbranched alkanes of at least 4 members (excludes halogenated alkanes) is 2. The minimum Gasteiger partial charge on any atom is -0.481 e. The fourth-order valence-corrected chi connectivity index (χ4v) is 2.11. The van der Waals surface area contributed by atoms with Crippen molar-refractivity contribution in [2.24, 2.45) is 5.92 Å². The molecule has 0 aromatic heterocycles. The van der Waals surface area contributed by atoms with Crippen LogP contribution in [-0.2, 0) is 23.9 Å². The summed E-state index contributed by atoms with van der Waals surface area (Å²) in [6.07, 6.45) is 4.36. The van der Waals surface area contributed by atoms with Gasteiger partial charge < -0.3 is 19.4 Å².